The average molecular weight is 226 g/mol. The highest BCUT2D eigenvalue weighted by Gasteiger charge is 2.28. The van der Waals surface area contributed by atoms with Crippen LogP contribution in [0.15, 0.2) is 0 Å². The summed E-state index contributed by atoms with van der Waals surface area (Å²) in [5.41, 5.74) is 6.12. The highest BCUT2D eigenvalue weighted by atomic mass is 16.5. The molecule has 1 heterocycles. The average Bonchev–Trinajstić information content (AvgIpc) is 3.12. The molecular formula is C13H26N2O. The van der Waals surface area contributed by atoms with Crippen molar-refractivity contribution in [3.8, 4) is 0 Å². The van der Waals surface area contributed by atoms with E-state index in [4.69, 9.17) is 10.5 Å². The molecule has 2 aliphatic rings. The van der Waals surface area contributed by atoms with Gasteiger partial charge in [0.25, 0.3) is 0 Å². The quantitative estimate of drug-likeness (QED) is 0.748. The van der Waals surface area contributed by atoms with Crippen molar-refractivity contribution in [1.29, 1.82) is 0 Å². The van der Waals surface area contributed by atoms with Crippen molar-refractivity contribution in [2.45, 2.75) is 51.2 Å². The summed E-state index contributed by atoms with van der Waals surface area (Å²) in [4.78, 5) is 2.55. The van der Waals surface area contributed by atoms with Crippen molar-refractivity contribution in [1.82, 2.24) is 4.90 Å². The van der Waals surface area contributed by atoms with Gasteiger partial charge in [0, 0.05) is 25.7 Å². The molecule has 0 aromatic carbocycles. The first-order chi connectivity index (χ1) is 7.79. The fourth-order valence-electron chi connectivity index (χ4n) is 2.63. The molecule has 0 aromatic heterocycles. The van der Waals surface area contributed by atoms with E-state index in [0.717, 1.165) is 12.5 Å². The Kier molecular flexibility index (Phi) is 4.62. The highest BCUT2D eigenvalue weighted by molar-refractivity contribution is 4.85. The summed E-state index contributed by atoms with van der Waals surface area (Å²) in [6.45, 7) is 6.53. The van der Waals surface area contributed by atoms with Gasteiger partial charge < -0.3 is 15.4 Å². The third-order valence-corrected chi connectivity index (χ3v) is 3.94. The number of hydrogen-bond donors (Lipinski definition) is 1. The largest absolute Gasteiger partial charge is 0.378 e. The van der Waals surface area contributed by atoms with Gasteiger partial charge in [-0.1, -0.05) is 0 Å². The first-order valence-corrected chi connectivity index (χ1v) is 6.89. The molecule has 0 amide bonds. The molecule has 1 saturated heterocycles. The second-order valence-corrected chi connectivity index (χ2v) is 5.29. The second-order valence-electron chi connectivity index (χ2n) is 5.29. The van der Waals surface area contributed by atoms with Gasteiger partial charge in [-0.05, 0) is 51.5 Å². The molecule has 0 spiro atoms. The Morgan fingerprint density at radius 1 is 1.25 bits per heavy atom. The molecule has 2 rings (SSSR count). The third-order valence-electron chi connectivity index (χ3n) is 3.94. The molecule has 0 aromatic rings. The second kappa shape index (κ2) is 5.99. The summed E-state index contributed by atoms with van der Waals surface area (Å²) < 4.78 is 5.65. The molecule has 2 N–H and O–H groups in total. The summed E-state index contributed by atoms with van der Waals surface area (Å²) in [6, 6.07) is 0.463. The minimum atomic E-state index is 0.463. The molecule has 2 fully saturated rings. The summed E-state index contributed by atoms with van der Waals surface area (Å²) >= 11 is 0. The van der Waals surface area contributed by atoms with Crippen molar-refractivity contribution < 1.29 is 4.74 Å². The van der Waals surface area contributed by atoms with Crippen molar-refractivity contribution in [3.63, 3.8) is 0 Å². The summed E-state index contributed by atoms with van der Waals surface area (Å²) in [5.74, 6) is 0.848. The van der Waals surface area contributed by atoms with E-state index >= 15 is 0 Å². The van der Waals surface area contributed by atoms with Gasteiger partial charge in [0.15, 0.2) is 0 Å². The van der Waals surface area contributed by atoms with Crippen molar-refractivity contribution in [2.24, 2.45) is 11.7 Å². The lowest BCUT2D eigenvalue weighted by atomic mass is 10.1. The molecule has 94 valence electrons. The Bertz CT molecular complexity index is 198. The van der Waals surface area contributed by atoms with Crippen LogP contribution in [0.2, 0.25) is 0 Å². The monoisotopic (exact) mass is 226 g/mol. The zero-order valence-electron chi connectivity index (χ0n) is 10.5. The first kappa shape index (κ1) is 12.3. The van der Waals surface area contributed by atoms with Gasteiger partial charge in [0.1, 0.15) is 0 Å². The van der Waals surface area contributed by atoms with Gasteiger partial charge >= 0.3 is 0 Å². The Labute approximate surface area is 99.3 Å². The number of likely N-dealkylation sites (tertiary alicyclic amines) is 1. The highest BCUT2D eigenvalue weighted by Crippen LogP contribution is 2.32. The van der Waals surface area contributed by atoms with Crippen LogP contribution in [0.25, 0.3) is 0 Å². The molecule has 16 heavy (non-hydrogen) atoms. The molecule has 1 aliphatic heterocycles. The van der Waals surface area contributed by atoms with E-state index in [1.54, 1.807) is 0 Å². The van der Waals surface area contributed by atoms with Crippen LogP contribution >= 0.6 is 0 Å². The number of ether oxygens (including phenoxy) is 1. The Balaban J connectivity index is 1.57. The fraction of sp³-hybridized carbons (Fsp3) is 1.00. The summed E-state index contributed by atoms with van der Waals surface area (Å²) in [7, 11) is 0. The van der Waals surface area contributed by atoms with Crippen molar-refractivity contribution in [2.75, 3.05) is 26.2 Å². The van der Waals surface area contributed by atoms with Crippen LogP contribution in [0, 0.1) is 5.92 Å². The predicted molar refractivity (Wildman–Crippen MR) is 66.4 cm³/mol. The van der Waals surface area contributed by atoms with Gasteiger partial charge in [0.2, 0.25) is 0 Å². The van der Waals surface area contributed by atoms with Gasteiger partial charge in [-0.3, -0.25) is 0 Å². The van der Waals surface area contributed by atoms with Crippen molar-refractivity contribution in [3.05, 3.63) is 0 Å². The number of hydrogen-bond acceptors (Lipinski definition) is 3. The maximum atomic E-state index is 6.12. The zero-order chi connectivity index (χ0) is 11.4. The van der Waals surface area contributed by atoms with E-state index in [-0.39, 0.29) is 0 Å². The zero-order valence-corrected chi connectivity index (χ0v) is 10.5. The number of nitrogens with two attached hydrogens (primary N) is 1. The fourth-order valence-corrected chi connectivity index (χ4v) is 2.63. The first-order valence-electron chi connectivity index (χ1n) is 6.89. The standard InChI is InChI=1S/C13H26N2O/c1-2-16-12-5-8-15(9-6-12)10-7-13(14)11-3-4-11/h11-13H,2-10,14H2,1H3. The van der Waals surface area contributed by atoms with E-state index in [0.29, 0.717) is 12.1 Å². The minimum absolute atomic E-state index is 0.463. The van der Waals surface area contributed by atoms with Gasteiger partial charge in [-0.25, -0.2) is 0 Å². The minimum Gasteiger partial charge on any atom is -0.378 e. The predicted octanol–water partition coefficient (Wildman–Crippen LogP) is 1.61. The SMILES string of the molecule is CCOC1CCN(CCC(N)C2CC2)CC1. The number of rotatable bonds is 6. The lowest BCUT2D eigenvalue weighted by molar-refractivity contribution is 0.0137. The maximum Gasteiger partial charge on any atom is 0.0599 e. The van der Waals surface area contributed by atoms with E-state index in [2.05, 4.69) is 11.8 Å². The molecule has 1 aliphatic carbocycles. The van der Waals surface area contributed by atoms with Crippen LogP contribution in [0.3, 0.4) is 0 Å². The van der Waals surface area contributed by atoms with Crippen LogP contribution < -0.4 is 5.73 Å². The summed E-state index contributed by atoms with van der Waals surface area (Å²) in [6.07, 6.45) is 6.84. The van der Waals surface area contributed by atoms with E-state index in [1.807, 2.05) is 0 Å². The Morgan fingerprint density at radius 3 is 2.50 bits per heavy atom. The van der Waals surface area contributed by atoms with Crippen LogP contribution in [-0.2, 0) is 4.74 Å². The number of nitrogens with zero attached hydrogens (tertiary/aromatic N) is 1. The topological polar surface area (TPSA) is 38.5 Å². The maximum absolute atomic E-state index is 6.12. The van der Waals surface area contributed by atoms with Crippen molar-refractivity contribution >= 4 is 0 Å². The van der Waals surface area contributed by atoms with Crippen LogP contribution in [0.4, 0.5) is 0 Å². The van der Waals surface area contributed by atoms with E-state index in [9.17, 15) is 0 Å². The molecular weight excluding hydrogens is 200 g/mol. The van der Waals surface area contributed by atoms with Crippen LogP contribution in [0.1, 0.15) is 39.0 Å². The Hall–Kier alpha value is -0.120. The van der Waals surface area contributed by atoms with Crippen LogP contribution in [0.5, 0.6) is 0 Å². The smallest absolute Gasteiger partial charge is 0.0599 e. The Morgan fingerprint density at radius 2 is 1.94 bits per heavy atom. The lowest BCUT2D eigenvalue weighted by Gasteiger charge is -2.32. The normalized spacial score (nSPS) is 25.9. The molecule has 3 heteroatoms. The third kappa shape index (κ3) is 3.72. The van der Waals surface area contributed by atoms with Gasteiger partial charge in [-0.2, -0.15) is 0 Å². The number of piperidine rings is 1. The van der Waals surface area contributed by atoms with E-state index in [1.165, 1.54) is 51.7 Å². The van der Waals surface area contributed by atoms with Gasteiger partial charge in [0.05, 0.1) is 6.10 Å². The molecule has 3 nitrogen and oxygen atoms in total. The van der Waals surface area contributed by atoms with Crippen LogP contribution in [-0.4, -0.2) is 43.3 Å². The molecule has 1 saturated carbocycles. The molecule has 1 atom stereocenters. The van der Waals surface area contributed by atoms with Gasteiger partial charge in [-0.15, -0.1) is 0 Å². The lowest BCUT2D eigenvalue weighted by Crippen LogP contribution is -2.39. The molecule has 0 radical (unpaired) electrons. The molecule has 0 bridgehead atoms. The summed E-state index contributed by atoms with van der Waals surface area (Å²) in [5, 5.41) is 0. The molecule has 1 unspecified atom stereocenters. The van der Waals surface area contributed by atoms with E-state index < -0.39 is 0 Å².